The Morgan fingerprint density at radius 1 is 1.32 bits per heavy atom. The Bertz CT molecular complexity index is 593. The molecule has 1 aromatic heterocycles. The van der Waals surface area contributed by atoms with Crippen LogP contribution < -0.4 is 11.1 Å². The van der Waals surface area contributed by atoms with Gasteiger partial charge in [-0.3, -0.25) is 4.68 Å². The molecule has 0 spiro atoms. The first-order valence-corrected chi connectivity index (χ1v) is 7.08. The van der Waals surface area contributed by atoms with Crippen LogP contribution >= 0.6 is 15.9 Å². The van der Waals surface area contributed by atoms with Gasteiger partial charge in [0.15, 0.2) is 5.82 Å². The number of nitrogen functional groups attached to an aromatic ring is 1. The van der Waals surface area contributed by atoms with Gasteiger partial charge < -0.3 is 11.1 Å². The third-order valence-electron chi connectivity index (χ3n) is 3.19. The maximum Gasteiger partial charge on any atom is 0.152 e. The number of anilines is 3. The Kier molecular flexibility index (Phi) is 3.85. The van der Waals surface area contributed by atoms with E-state index < -0.39 is 0 Å². The zero-order chi connectivity index (χ0) is 14.2. The molecule has 0 saturated carbocycles. The van der Waals surface area contributed by atoms with Crippen molar-refractivity contribution in [3.05, 3.63) is 33.4 Å². The van der Waals surface area contributed by atoms with Gasteiger partial charge in [-0.25, -0.2) is 0 Å². The SMILES string of the molecule is CCc1nn(C)c(Nc2cc(C)c(Br)c(C)c2)c1N. The number of nitrogens with zero attached hydrogens (tertiary/aromatic N) is 2. The van der Waals surface area contributed by atoms with Crippen molar-refractivity contribution < 1.29 is 0 Å². The second kappa shape index (κ2) is 5.25. The second-order valence-corrected chi connectivity index (χ2v) is 5.53. The molecule has 3 N–H and O–H groups in total. The van der Waals surface area contributed by atoms with Crippen molar-refractivity contribution in [2.24, 2.45) is 7.05 Å². The Morgan fingerprint density at radius 3 is 2.37 bits per heavy atom. The molecule has 0 atom stereocenters. The third kappa shape index (κ3) is 2.61. The zero-order valence-electron chi connectivity index (χ0n) is 11.7. The van der Waals surface area contributed by atoms with Gasteiger partial charge in [-0.1, -0.05) is 22.9 Å². The molecular weight excluding hydrogens is 304 g/mol. The molecule has 0 bridgehead atoms. The van der Waals surface area contributed by atoms with Gasteiger partial charge in [0.1, 0.15) is 0 Å². The molecule has 0 fully saturated rings. The largest absolute Gasteiger partial charge is 0.394 e. The highest BCUT2D eigenvalue weighted by atomic mass is 79.9. The predicted molar refractivity (Wildman–Crippen MR) is 83.9 cm³/mol. The van der Waals surface area contributed by atoms with Crippen LogP contribution in [0.15, 0.2) is 16.6 Å². The standard InChI is InChI=1S/C14H19BrN4/c1-5-11-13(16)14(19(4)18-11)17-10-6-8(2)12(15)9(3)7-10/h6-7,17H,5,16H2,1-4H3. The van der Waals surface area contributed by atoms with Crippen LogP contribution in [0.1, 0.15) is 23.7 Å². The van der Waals surface area contributed by atoms with Gasteiger partial charge >= 0.3 is 0 Å². The smallest absolute Gasteiger partial charge is 0.152 e. The van der Waals surface area contributed by atoms with E-state index >= 15 is 0 Å². The monoisotopic (exact) mass is 322 g/mol. The lowest BCUT2D eigenvalue weighted by atomic mass is 10.1. The Hall–Kier alpha value is -1.49. The van der Waals surface area contributed by atoms with Gasteiger partial charge in [-0.05, 0) is 43.5 Å². The van der Waals surface area contributed by atoms with Crippen molar-refractivity contribution >= 4 is 33.1 Å². The first-order chi connectivity index (χ1) is 8.93. The number of aromatic nitrogens is 2. The van der Waals surface area contributed by atoms with Crippen LogP contribution in [0.2, 0.25) is 0 Å². The summed E-state index contributed by atoms with van der Waals surface area (Å²) in [5.74, 6) is 0.845. The molecular formula is C14H19BrN4. The first-order valence-electron chi connectivity index (χ1n) is 6.29. The van der Waals surface area contributed by atoms with Gasteiger partial charge in [0, 0.05) is 17.2 Å². The van der Waals surface area contributed by atoms with Crippen molar-refractivity contribution in [3.63, 3.8) is 0 Å². The molecule has 2 aromatic rings. The lowest BCUT2D eigenvalue weighted by molar-refractivity contribution is 0.753. The summed E-state index contributed by atoms with van der Waals surface area (Å²) >= 11 is 3.57. The highest BCUT2D eigenvalue weighted by molar-refractivity contribution is 9.10. The molecule has 19 heavy (non-hydrogen) atoms. The average Bonchev–Trinajstić information content (AvgIpc) is 2.63. The van der Waals surface area contributed by atoms with E-state index in [1.165, 1.54) is 11.1 Å². The molecule has 1 aromatic carbocycles. The van der Waals surface area contributed by atoms with Gasteiger partial charge in [0.2, 0.25) is 0 Å². The summed E-state index contributed by atoms with van der Waals surface area (Å²) in [6.45, 7) is 6.20. The summed E-state index contributed by atoms with van der Waals surface area (Å²) in [6.07, 6.45) is 0.833. The minimum atomic E-state index is 0.725. The normalized spacial score (nSPS) is 10.8. The summed E-state index contributed by atoms with van der Waals surface area (Å²) in [6, 6.07) is 4.18. The molecule has 2 rings (SSSR count). The number of nitrogens with two attached hydrogens (primary N) is 1. The second-order valence-electron chi connectivity index (χ2n) is 4.74. The van der Waals surface area contributed by atoms with Gasteiger partial charge in [-0.2, -0.15) is 5.10 Å². The van der Waals surface area contributed by atoms with E-state index in [0.717, 1.165) is 33.8 Å². The van der Waals surface area contributed by atoms with E-state index in [-0.39, 0.29) is 0 Å². The van der Waals surface area contributed by atoms with E-state index in [1.807, 2.05) is 7.05 Å². The summed E-state index contributed by atoms with van der Waals surface area (Å²) < 4.78 is 2.94. The molecule has 1 heterocycles. The number of halogens is 1. The van der Waals surface area contributed by atoms with Gasteiger partial charge in [-0.15, -0.1) is 0 Å². The number of aryl methyl sites for hydroxylation is 4. The van der Waals surface area contributed by atoms with E-state index in [9.17, 15) is 0 Å². The predicted octanol–water partition coefficient (Wildman–Crippen LogP) is 3.69. The van der Waals surface area contributed by atoms with Crippen molar-refractivity contribution in [2.45, 2.75) is 27.2 Å². The van der Waals surface area contributed by atoms with E-state index in [2.05, 4.69) is 59.2 Å². The summed E-state index contributed by atoms with van der Waals surface area (Å²) in [5.41, 5.74) is 11.2. The molecule has 102 valence electrons. The first kappa shape index (κ1) is 13.9. The van der Waals surface area contributed by atoms with E-state index in [0.29, 0.717) is 0 Å². The molecule has 0 aliphatic rings. The minimum Gasteiger partial charge on any atom is -0.394 e. The Labute approximate surface area is 122 Å². The third-order valence-corrected chi connectivity index (χ3v) is 4.45. The maximum atomic E-state index is 6.11. The minimum absolute atomic E-state index is 0.725. The average molecular weight is 323 g/mol. The fraction of sp³-hybridized carbons (Fsp3) is 0.357. The fourth-order valence-electron chi connectivity index (χ4n) is 2.16. The molecule has 0 unspecified atom stereocenters. The molecule has 0 saturated heterocycles. The molecule has 0 amide bonds. The van der Waals surface area contributed by atoms with Crippen LogP contribution in [-0.4, -0.2) is 9.78 Å². The van der Waals surface area contributed by atoms with Gasteiger partial charge in [0.05, 0.1) is 11.4 Å². The van der Waals surface area contributed by atoms with Crippen LogP contribution in [0, 0.1) is 13.8 Å². The van der Waals surface area contributed by atoms with Crippen molar-refractivity contribution in [2.75, 3.05) is 11.1 Å². The number of hydrogen-bond donors (Lipinski definition) is 2. The molecule has 0 radical (unpaired) electrons. The van der Waals surface area contributed by atoms with E-state index in [4.69, 9.17) is 5.73 Å². The highest BCUT2D eigenvalue weighted by Gasteiger charge is 2.12. The number of nitrogens with one attached hydrogen (secondary N) is 1. The molecule has 4 nitrogen and oxygen atoms in total. The van der Waals surface area contributed by atoms with Crippen LogP contribution in [0.25, 0.3) is 0 Å². The van der Waals surface area contributed by atoms with Crippen molar-refractivity contribution in [1.29, 1.82) is 0 Å². The highest BCUT2D eigenvalue weighted by Crippen LogP contribution is 2.30. The van der Waals surface area contributed by atoms with Crippen LogP contribution in [0.5, 0.6) is 0 Å². The van der Waals surface area contributed by atoms with E-state index in [1.54, 1.807) is 4.68 Å². The Balaban J connectivity index is 2.39. The van der Waals surface area contributed by atoms with Crippen molar-refractivity contribution in [1.82, 2.24) is 9.78 Å². The lowest BCUT2D eigenvalue weighted by Gasteiger charge is -2.11. The van der Waals surface area contributed by atoms with Crippen LogP contribution in [0.3, 0.4) is 0 Å². The number of rotatable bonds is 3. The van der Waals surface area contributed by atoms with Crippen LogP contribution in [0.4, 0.5) is 17.2 Å². The number of benzene rings is 1. The summed E-state index contributed by atoms with van der Waals surface area (Å²) in [5, 5.41) is 7.77. The van der Waals surface area contributed by atoms with Gasteiger partial charge in [0.25, 0.3) is 0 Å². The fourth-order valence-corrected chi connectivity index (χ4v) is 2.39. The summed E-state index contributed by atoms with van der Waals surface area (Å²) in [4.78, 5) is 0. The topological polar surface area (TPSA) is 55.9 Å². The molecule has 5 heteroatoms. The number of hydrogen-bond acceptors (Lipinski definition) is 3. The molecule has 0 aliphatic carbocycles. The Morgan fingerprint density at radius 2 is 1.89 bits per heavy atom. The van der Waals surface area contributed by atoms with Crippen LogP contribution in [-0.2, 0) is 13.5 Å². The quantitative estimate of drug-likeness (QED) is 0.906. The summed E-state index contributed by atoms with van der Waals surface area (Å²) in [7, 11) is 1.90. The maximum absolute atomic E-state index is 6.11. The van der Waals surface area contributed by atoms with Crippen molar-refractivity contribution in [3.8, 4) is 0 Å². The zero-order valence-corrected chi connectivity index (χ0v) is 13.3. The lowest BCUT2D eigenvalue weighted by Crippen LogP contribution is -2.02. The molecule has 0 aliphatic heterocycles.